The Morgan fingerprint density at radius 3 is 2.43 bits per heavy atom. The maximum Gasteiger partial charge on any atom is 0.416 e. The first kappa shape index (κ1) is 15.5. The average Bonchev–Trinajstić information content (AvgIpc) is 2.37. The summed E-state index contributed by atoms with van der Waals surface area (Å²) in [5.74, 6) is -0.436. The Bertz CT molecular complexity index is 634. The SMILES string of the molecule is Cc1ccc(C(N)Cc2cccc(C(F)(F)F)c2)c(F)c1. The fourth-order valence-corrected chi connectivity index (χ4v) is 2.17. The van der Waals surface area contributed by atoms with E-state index in [1.165, 1.54) is 12.1 Å². The lowest BCUT2D eigenvalue weighted by atomic mass is 9.97. The molecule has 0 saturated heterocycles. The summed E-state index contributed by atoms with van der Waals surface area (Å²) in [6, 6.07) is 8.91. The molecule has 5 heteroatoms. The predicted molar refractivity (Wildman–Crippen MR) is 73.2 cm³/mol. The molecular formula is C16H15F4N. The van der Waals surface area contributed by atoms with E-state index in [2.05, 4.69) is 0 Å². The second-order valence-corrected chi connectivity index (χ2v) is 5.03. The molecule has 0 heterocycles. The Hall–Kier alpha value is -1.88. The van der Waals surface area contributed by atoms with E-state index in [4.69, 9.17) is 5.73 Å². The zero-order valence-corrected chi connectivity index (χ0v) is 11.4. The van der Waals surface area contributed by atoms with E-state index in [1.807, 2.05) is 0 Å². The molecule has 112 valence electrons. The molecule has 0 spiro atoms. The summed E-state index contributed by atoms with van der Waals surface area (Å²) in [4.78, 5) is 0. The van der Waals surface area contributed by atoms with Crippen molar-refractivity contribution in [3.05, 3.63) is 70.5 Å². The topological polar surface area (TPSA) is 26.0 Å². The quantitative estimate of drug-likeness (QED) is 0.835. The number of alkyl halides is 3. The molecular weight excluding hydrogens is 282 g/mol. The maximum atomic E-state index is 13.8. The van der Waals surface area contributed by atoms with Crippen LogP contribution in [0.15, 0.2) is 42.5 Å². The third-order valence-electron chi connectivity index (χ3n) is 3.27. The van der Waals surface area contributed by atoms with Gasteiger partial charge in [-0.25, -0.2) is 4.39 Å². The minimum atomic E-state index is -4.39. The summed E-state index contributed by atoms with van der Waals surface area (Å²) in [6.45, 7) is 1.76. The molecule has 0 radical (unpaired) electrons. The van der Waals surface area contributed by atoms with Gasteiger partial charge in [-0.1, -0.05) is 30.3 Å². The van der Waals surface area contributed by atoms with Crippen molar-refractivity contribution in [2.75, 3.05) is 0 Å². The van der Waals surface area contributed by atoms with Gasteiger partial charge in [0.15, 0.2) is 0 Å². The summed E-state index contributed by atoms with van der Waals surface area (Å²) in [5.41, 5.74) is 6.69. The summed E-state index contributed by atoms with van der Waals surface area (Å²) in [5, 5.41) is 0. The number of rotatable bonds is 3. The first-order valence-corrected chi connectivity index (χ1v) is 6.45. The van der Waals surface area contributed by atoms with Crippen molar-refractivity contribution < 1.29 is 17.6 Å². The molecule has 2 rings (SSSR count). The minimum absolute atomic E-state index is 0.143. The number of hydrogen-bond donors (Lipinski definition) is 1. The van der Waals surface area contributed by atoms with Gasteiger partial charge in [0.2, 0.25) is 0 Å². The van der Waals surface area contributed by atoms with Gasteiger partial charge in [-0.3, -0.25) is 0 Å². The third-order valence-corrected chi connectivity index (χ3v) is 3.27. The molecule has 0 saturated carbocycles. The molecule has 1 atom stereocenters. The summed E-state index contributed by atoms with van der Waals surface area (Å²) in [7, 11) is 0. The Balaban J connectivity index is 2.21. The van der Waals surface area contributed by atoms with Crippen molar-refractivity contribution >= 4 is 0 Å². The van der Waals surface area contributed by atoms with Gasteiger partial charge in [0.1, 0.15) is 5.82 Å². The van der Waals surface area contributed by atoms with E-state index in [9.17, 15) is 17.6 Å². The molecule has 21 heavy (non-hydrogen) atoms. The van der Waals surface area contributed by atoms with Crippen LogP contribution in [0.4, 0.5) is 17.6 Å². The molecule has 1 unspecified atom stereocenters. The first-order chi connectivity index (χ1) is 9.77. The molecule has 0 aliphatic heterocycles. The van der Waals surface area contributed by atoms with Gasteiger partial charge in [-0.05, 0) is 36.6 Å². The van der Waals surface area contributed by atoms with Crippen LogP contribution < -0.4 is 5.73 Å². The van der Waals surface area contributed by atoms with Gasteiger partial charge in [0, 0.05) is 11.6 Å². The summed E-state index contributed by atoms with van der Waals surface area (Å²) in [6.07, 6.45) is -4.25. The normalized spacial score (nSPS) is 13.2. The van der Waals surface area contributed by atoms with E-state index < -0.39 is 23.6 Å². The van der Waals surface area contributed by atoms with Gasteiger partial charge in [-0.2, -0.15) is 13.2 Å². The van der Waals surface area contributed by atoms with Gasteiger partial charge in [0.25, 0.3) is 0 Å². The van der Waals surface area contributed by atoms with Crippen molar-refractivity contribution in [2.24, 2.45) is 5.73 Å². The molecule has 0 bridgehead atoms. The number of nitrogens with two attached hydrogens (primary N) is 1. The molecule has 1 nitrogen and oxygen atoms in total. The van der Waals surface area contributed by atoms with Crippen LogP contribution in [0.2, 0.25) is 0 Å². The Morgan fingerprint density at radius 1 is 1.10 bits per heavy atom. The highest BCUT2D eigenvalue weighted by atomic mass is 19.4. The predicted octanol–water partition coefficient (Wildman–Crippen LogP) is 4.40. The number of aryl methyl sites for hydroxylation is 1. The highest BCUT2D eigenvalue weighted by Crippen LogP contribution is 2.30. The smallest absolute Gasteiger partial charge is 0.324 e. The summed E-state index contributed by atoms with van der Waals surface area (Å²) >= 11 is 0. The third kappa shape index (κ3) is 3.82. The Labute approximate surface area is 120 Å². The minimum Gasteiger partial charge on any atom is -0.324 e. The molecule has 2 aromatic rings. The zero-order valence-electron chi connectivity index (χ0n) is 11.4. The molecule has 0 aliphatic carbocycles. The lowest BCUT2D eigenvalue weighted by Crippen LogP contribution is -2.15. The second kappa shape index (κ2) is 5.85. The molecule has 2 N–H and O–H groups in total. The number of hydrogen-bond acceptors (Lipinski definition) is 1. The molecule has 0 amide bonds. The largest absolute Gasteiger partial charge is 0.416 e. The van der Waals surface area contributed by atoms with Crippen LogP contribution in [-0.2, 0) is 12.6 Å². The van der Waals surface area contributed by atoms with E-state index in [1.54, 1.807) is 25.1 Å². The standard InChI is InChI=1S/C16H15F4N/c1-10-5-6-13(14(17)7-10)15(21)9-11-3-2-4-12(8-11)16(18,19)20/h2-8,15H,9,21H2,1H3. The van der Waals surface area contributed by atoms with E-state index in [-0.39, 0.29) is 6.42 Å². The lowest BCUT2D eigenvalue weighted by Gasteiger charge is -2.15. The highest BCUT2D eigenvalue weighted by Gasteiger charge is 2.30. The summed E-state index contributed by atoms with van der Waals surface area (Å²) < 4.78 is 51.7. The fourth-order valence-electron chi connectivity index (χ4n) is 2.17. The molecule has 0 aromatic heterocycles. The monoisotopic (exact) mass is 297 g/mol. The van der Waals surface area contributed by atoms with Gasteiger partial charge in [0.05, 0.1) is 5.56 Å². The average molecular weight is 297 g/mol. The van der Waals surface area contributed by atoms with E-state index >= 15 is 0 Å². The van der Waals surface area contributed by atoms with Crippen LogP contribution in [-0.4, -0.2) is 0 Å². The second-order valence-electron chi connectivity index (χ2n) is 5.03. The molecule has 0 aliphatic rings. The fraction of sp³-hybridized carbons (Fsp3) is 0.250. The Kier molecular flexibility index (Phi) is 4.32. The van der Waals surface area contributed by atoms with Crippen LogP contribution in [0.25, 0.3) is 0 Å². The maximum absolute atomic E-state index is 13.8. The van der Waals surface area contributed by atoms with Crippen LogP contribution in [0, 0.1) is 12.7 Å². The van der Waals surface area contributed by atoms with Gasteiger partial charge < -0.3 is 5.73 Å². The number of halogens is 4. The van der Waals surface area contributed by atoms with E-state index in [0.717, 1.165) is 17.7 Å². The van der Waals surface area contributed by atoms with Crippen molar-refractivity contribution in [3.63, 3.8) is 0 Å². The van der Waals surface area contributed by atoms with Crippen molar-refractivity contribution in [1.82, 2.24) is 0 Å². The highest BCUT2D eigenvalue weighted by molar-refractivity contribution is 5.30. The van der Waals surface area contributed by atoms with Crippen LogP contribution in [0.3, 0.4) is 0 Å². The lowest BCUT2D eigenvalue weighted by molar-refractivity contribution is -0.137. The first-order valence-electron chi connectivity index (χ1n) is 6.45. The van der Waals surface area contributed by atoms with Gasteiger partial charge >= 0.3 is 6.18 Å². The van der Waals surface area contributed by atoms with Crippen molar-refractivity contribution in [3.8, 4) is 0 Å². The molecule has 0 fully saturated rings. The van der Waals surface area contributed by atoms with Crippen molar-refractivity contribution in [1.29, 1.82) is 0 Å². The van der Waals surface area contributed by atoms with Crippen LogP contribution in [0.5, 0.6) is 0 Å². The van der Waals surface area contributed by atoms with Crippen LogP contribution >= 0.6 is 0 Å². The molecule has 2 aromatic carbocycles. The number of benzene rings is 2. The van der Waals surface area contributed by atoms with Gasteiger partial charge in [-0.15, -0.1) is 0 Å². The Morgan fingerprint density at radius 2 is 1.81 bits per heavy atom. The van der Waals surface area contributed by atoms with Crippen molar-refractivity contribution in [2.45, 2.75) is 25.6 Å². The van der Waals surface area contributed by atoms with E-state index in [0.29, 0.717) is 11.1 Å². The zero-order chi connectivity index (χ0) is 15.6. The van der Waals surface area contributed by atoms with Crippen LogP contribution in [0.1, 0.15) is 28.3 Å².